The van der Waals surface area contributed by atoms with Crippen LogP contribution in [0.5, 0.6) is 0 Å². The van der Waals surface area contributed by atoms with Crippen molar-refractivity contribution in [2.75, 3.05) is 4.72 Å². The maximum absolute atomic E-state index is 12.4. The van der Waals surface area contributed by atoms with Crippen LogP contribution in [0.2, 0.25) is 5.02 Å². The highest BCUT2D eigenvalue weighted by molar-refractivity contribution is 9.10. The van der Waals surface area contributed by atoms with Gasteiger partial charge in [-0.15, -0.1) is 11.3 Å². The molecule has 0 unspecified atom stereocenters. The number of aromatic nitrogens is 1. The minimum absolute atomic E-state index is 0.142. The van der Waals surface area contributed by atoms with E-state index in [1.165, 1.54) is 29.5 Å². The Hall–Kier alpha value is -1.15. The monoisotopic (exact) mass is 402 g/mol. The van der Waals surface area contributed by atoms with Crippen LogP contribution in [0.15, 0.2) is 51.3 Å². The number of hydrogen-bond acceptors (Lipinski definition) is 4. The Morgan fingerprint density at radius 3 is 2.76 bits per heavy atom. The van der Waals surface area contributed by atoms with Crippen LogP contribution in [0.25, 0.3) is 10.2 Å². The number of sulfonamides is 1. The number of hydrogen-bond donors (Lipinski definition) is 1. The smallest absolute Gasteiger partial charge is 0.261 e. The minimum atomic E-state index is -3.66. The summed E-state index contributed by atoms with van der Waals surface area (Å²) in [5.74, 6) is 0. The molecule has 0 aliphatic carbocycles. The second kappa shape index (κ2) is 5.57. The van der Waals surface area contributed by atoms with E-state index in [0.717, 1.165) is 10.2 Å². The van der Waals surface area contributed by atoms with Gasteiger partial charge in [-0.05, 0) is 52.3 Å². The molecule has 3 rings (SSSR count). The van der Waals surface area contributed by atoms with Gasteiger partial charge in [-0.25, -0.2) is 13.4 Å². The van der Waals surface area contributed by atoms with E-state index in [4.69, 9.17) is 11.6 Å². The first-order chi connectivity index (χ1) is 9.95. The Labute approximate surface area is 139 Å². The second-order valence-electron chi connectivity index (χ2n) is 4.22. The van der Waals surface area contributed by atoms with Crippen molar-refractivity contribution in [2.24, 2.45) is 0 Å². The largest absolute Gasteiger partial charge is 0.280 e. The molecular formula is C13H8BrClN2O2S2. The van der Waals surface area contributed by atoms with E-state index in [1.807, 2.05) is 0 Å². The highest BCUT2D eigenvalue weighted by atomic mass is 79.9. The fourth-order valence-corrected chi connectivity index (χ4v) is 4.22. The zero-order chi connectivity index (χ0) is 15.0. The first-order valence-electron chi connectivity index (χ1n) is 5.77. The van der Waals surface area contributed by atoms with Crippen LogP contribution in [-0.2, 0) is 10.0 Å². The van der Waals surface area contributed by atoms with Crippen LogP contribution in [0.3, 0.4) is 0 Å². The molecule has 0 saturated heterocycles. The third-order valence-electron chi connectivity index (χ3n) is 2.78. The van der Waals surface area contributed by atoms with Gasteiger partial charge in [-0.2, -0.15) is 0 Å². The van der Waals surface area contributed by atoms with Gasteiger partial charge in [0.2, 0.25) is 0 Å². The first kappa shape index (κ1) is 14.8. The quantitative estimate of drug-likeness (QED) is 0.700. The fourth-order valence-electron chi connectivity index (χ4n) is 1.78. The lowest BCUT2D eigenvalue weighted by molar-refractivity contribution is 0.601. The standard InChI is InChI=1S/C13H8BrClN2O2S2/c14-10-6-9(2-3-11(10)15)21(18,19)17-8-1-4-12-13(5-8)20-7-16-12/h1-7,17H. The number of nitrogens with zero attached hydrogens (tertiary/aromatic N) is 1. The molecule has 1 N–H and O–H groups in total. The summed E-state index contributed by atoms with van der Waals surface area (Å²) in [4.78, 5) is 4.30. The number of benzene rings is 2. The van der Waals surface area contributed by atoms with E-state index >= 15 is 0 Å². The van der Waals surface area contributed by atoms with Crippen molar-refractivity contribution in [1.29, 1.82) is 0 Å². The number of anilines is 1. The normalized spacial score (nSPS) is 11.7. The summed E-state index contributed by atoms with van der Waals surface area (Å²) >= 11 is 10.6. The molecule has 0 bridgehead atoms. The molecule has 0 saturated carbocycles. The number of thiazole rings is 1. The number of fused-ring (bicyclic) bond motifs is 1. The predicted octanol–water partition coefficient (Wildman–Crippen LogP) is 4.51. The fraction of sp³-hybridized carbons (Fsp3) is 0. The van der Waals surface area contributed by atoms with Crippen LogP contribution in [-0.4, -0.2) is 13.4 Å². The van der Waals surface area contributed by atoms with Crippen LogP contribution >= 0.6 is 38.9 Å². The van der Waals surface area contributed by atoms with Gasteiger partial charge < -0.3 is 0 Å². The van der Waals surface area contributed by atoms with E-state index < -0.39 is 10.0 Å². The number of rotatable bonds is 3. The van der Waals surface area contributed by atoms with Crippen LogP contribution in [0.4, 0.5) is 5.69 Å². The van der Waals surface area contributed by atoms with Crippen molar-refractivity contribution in [2.45, 2.75) is 4.90 Å². The van der Waals surface area contributed by atoms with Gasteiger partial charge >= 0.3 is 0 Å². The summed E-state index contributed by atoms with van der Waals surface area (Å²) in [6.07, 6.45) is 0. The highest BCUT2D eigenvalue weighted by Crippen LogP contribution is 2.27. The molecule has 4 nitrogen and oxygen atoms in total. The summed E-state index contributed by atoms with van der Waals surface area (Å²) in [5, 5.41) is 0.458. The minimum Gasteiger partial charge on any atom is -0.280 e. The van der Waals surface area contributed by atoms with Gasteiger partial charge in [-0.1, -0.05) is 11.6 Å². The molecule has 0 atom stereocenters. The number of halogens is 2. The third-order valence-corrected chi connectivity index (χ3v) is 6.17. The van der Waals surface area contributed by atoms with E-state index in [9.17, 15) is 8.42 Å². The molecule has 8 heteroatoms. The van der Waals surface area contributed by atoms with E-state index in [2.05, 4.69) is 25.6 Å². The van der Waals surface area contributed by atoms with Gasteiger partial charge in [0.05, 0.1) is 31.3 Å². The zero-order valence-electron chi connectivity index (χ0n) is 10.4. The van der Waals surface area contributed by atoms with Crippen molar-refractivity contribution in [3.8, 4) is 0 Å². The van der Waals surface area contributed by atoms with Gasteiger partial charge in [0.15, 0.2) is 0 Å². The van der Waals surface area contributed by atoms with Gasteiger partial charge in [0.1, 0.15) is 0 Å². The van der Waals surface area contributed by atoms with Crippen molar-refractivity contribution < 1.29 is 8.42 Å². The third kappa shape index (κ3) is 3.06. The van der Waals surface area contributed by atoms with Gasteiger partial charge in [0.25, 0.3) is 10.0 Å². The molecule has 1 aromatic heterocycles. The average molecular weight is 404 g/mol. The van der Waals surface area contributed by atoms with Gasteiger partial charge in [-0.3, -0.25) is 4.72 Å². The molecular weight excluding hydrogens is 396 g/mol. The highest BCUT2D eigenvalue weighted by Gasteiger charge is 2.16. The summed E-state index contributed by atoms with van der Waals surface area (Å²) in [6.45, 7) is 0. The summed E-state index contributed by atoms with van der Waals surface area (Å²) in [6, 6.07) is 9.69. The molecule has 2 aromatic carbocycles. The molecule has 0 amide bonds. The van der Waals surface area contributed by atoms with Crippen molar-refractivity contribution in [3.63, 3.8) is 0 Å². The summed E-state index contributed by atoms with van der Waals surface area (Å²) in [7, 11) is -3.66. The Balaban J connectivity index is 1.96. The van der Waals surface area contributed by atoms with Crippen LogP contribution in [0.1, 0.15) is 0 Å². The van der Waals surface area contributed by atoms with E-state index in [-0.39, 0.29) is 4.90 Å². The Kier molecular flexibility index (Phi) is 3.92. The maximum atomic E-state index is 12.4. The summed E-state index contributed by atoms with van der Waals surface area (Å²) < 4.78 is 28.7. The molecule has 0 radical (unpaired) electrons. The van der Waals surface area contributed by atoms with Gasteiger partial charge in [0, 0.05) is 4.47 Å². The first-order valence-corrected chi connectivity index (χ1v) is 9.30. The predicted molar refractivity (Wildman–Crippen MR) is 89.6 cm³/mol. The topological polar surface area (TPSA) is 59.1 Å². The lowest BCUT2D eigenvalue weighted by atomic mass is 10.3. The maximum Gasteiger partial charge on any atom is 0.261 e. The molecule has 21 heavy (non-hydrogen) atoms. The molecule has 0 fully saturated rings. The average Bonchev–Trinajstić information content (AvgIpc) is 2.88. The molecule has 1 heterocycles. The zero-order valence-corrected chi connectivity index (χ0v) is 14.4. The van der Waals surface area contributed by atoms with Crippen LogP contribution in [0, 0.1) is 0 Å². The second-order valence-corrected chi connectivity index (χ2v) is 8.05. The SMILES string of the molecule is O=S(=O)(Nc1ccc2ncsc2c1)c1ccc(Cl)c(Br)c1. The Bertz CT molecular complexity index is 925. The lowest BCUT2D eigenvalue weighted by Gasteiger charge is -2.09. The lowest BCUT2D eigenvalue weighted by Crippen LogP contribution is -2.12. The number of nitrogens with one attached hydrogen (secondary N) is 1. The Morgan fingerprint density at radius 1 is 1.19 bits per heavy atom. The molecule has 0 aliphatic rings. The molecule has 0 aliphatic heterocycles. The van der Waals surface area contributed by atoms with E-state index in [0.29, 0.717) is 15.2 Å². The summed E-state index contributed by atoms with van der Waals surface area (Å²) in [5.41, 5.74) is 3.06. The van der Waals surface area contributed by atoms with Crippen molar-refractivity contribution in [1.82, 2.24) is 4.98 Å². The van der Waals surface area contributed by atoms with Crippen LogP contribution < -0.4 is 4.72 Å². The molecule has 3 aromatic rings. The van der Waals surface area contributed by atoms with Crippen molar-refractivity contribution >= 4 is 64.8 Å². The molecule has 0 spiro atoms. The van der Waals surface area contributed by atoms with E-state index in [1.54, 1.807) is 23.7 Å². The molecule has 108 valence electrons. The Morgan fingerprint density at radius 2 is 2.00 bits per heavy atom. The van der Waals surface area contributed by atoms with Crippen molar-refractivity contribution in [3.05, 3.63) is 51.4 Å².